The molecule has 1 aliphatic heterocycles. The van der Waals surface area contributed by atoms with Crippen molar-refractivity contribution in [3.05, 3.63) is 35.9 Å². The van der Waals surface area contributed by atoms with Crippen molar-refractivity contribution in [2.75, 3.05) is 32.7 Å². The first kappa shape index (κ1) is 20.6. The van der Waals surface area contributed by atoms with Gasteiger partial charge >= 0.3 is 12.0 Å². The highest BCUT2D eigenvalue weighted by atomic mass is 16.4. The Bertz CT molecular complexity index is 642. The minimum Gasteiger partial charge on any atom is -0.480 e. The Balaban J connectivity index is 1.45. The van der Waals surface area contributed by atoms with E-state index >= 15 is 0 Å². The fourth-order valence-electron chi connectivity index (χ4n) is 4.29. The third-order valence-electron chi connectivity index (χ3n) is 5.93. The molecule has 7 heteroatoms. The molecule has 0 aromatic heterocycles. The van der Waals surface area contributed by atoms with Crippen molar-refractivity contribution in [3.63, 3.8) is 0 Å². The summed E-state index contributed by atoms with van der Waals surface area (Å²) in [4.78, 5) is 27.7. The normalized spacial score (nSPS) is 23.2. The Hall–Kier alpha value is -2.12. The van der Waals surface area contributed by atoms with Gasteiger partial charge in [0.05, 0.1) is 12.6 Å². The summed E-state index contributed by atoms with van der Waals surface area (Å²) >= 11 is 0. The van der Waals surface area contributed by atoms with Crippen molar-refractivity contribution >= 4 is 12.0 Å². The van der Waals surface area contributed by atoms with Crippen LogP contribution in [0.3, 0.4) is 0 Å². The van der Waals surface area contributed by atoms with Crippen molar-refractivity contribution in [2.45, 2.75) is 50.7 Å². The molecule has 1 aliphatic carbocycles. The van der Waals surface area contributed by atoms with Gasteiger partial charge < -0.3 is 15.7 Å². The summed E-state index contributed by atoms with van der Waals surface area (Å²) in [7, 11) is 0. The zero-order chi connectivity index (χ0) is 19.9. The molecule has 3 N–H and O–H groups in total. The van der Waals surface area contributed by atoms with Crippen molar-refractivity contribution in [3.8, 4) is 0 Å². The standard InChI is InChI=1S/C21H32N4O3/c1-2-24(15-20(26)27)18-12-17(13-18)23-21(28)22-14-19(25-10-6-7-11-25)16-8-4-3-5-9-16/h3-5,8-9,17-19H,2,6-7,10-15H2,1H3,(H,26,27)(H2,22,23,28). The molecule has 1 saturated carbocycles. The summed E-state index contributed by atoms with van der Waals surface area (Å²) in [6.07, 6.45) is 4.04. The van der Waals surface area contributed by atoms with Crippen LogP contribution in [0.4, 0.5) is 4.79 Å². The van der Waals surface area contributed by atoms with Crippen molar-refractivity contribution in [1.29, 1.82) is 0 Å². The van der Waals surface area contributed by atoms with Crippen LogP contribution in [0.15, 0.2) is 30.3 Å². The smallest absolute Gasteiger partial charge is 0.317 e. The van der Waals surface area contributed by atoms with E-state index in [2.05, 4.69) is 27.7 Å². The largest absolute Gasteiger partial charge is 0.480 e. The van der Waals surface area contributed by atoms with Crippen LogP contribution in [0.25, 0.3) is 0 Å². The number of urea groups is 1. The number of hydrogen-bond acceptors (Lipinski definition) is 4. The lowest BCUT2D eigenvalue weighted by Gasteiger charge is -2.42. The summed E-state index contributed by atoms with van der Waals surface area (Å²) < 4.78 is 0. The molecular formula is C21H32N4O3. The maximum Gasteiger partial charge on any atom is 0.317 e. The number of likely N-dealkylation sites (tertiary alicyclic amines) is 1. The molecule has 7 nitrogen and oxygen atoms in total. The predicted molar refractivity (Wildman–Crippen MR) is 108 cm³/mol. The number of hydrogen-bond donors (Lipinski definition) is 3. The summed E-state index contributed by atoms with van der Waals surface area (Å²) in [5.41, 5.74) is 1.24. The van der Waals surface area contributed by atoms with Crippen molar-refractivity contribution < 1.29 is 14.7 Å². The van der Waals surface area contributed by atoms with E-state index in [-0.39, 0.29) is 30.7 Å². The molecule has 3 rings (SSSR count). The molecule has 2 aliphatic rings. The van der Waals surface area contributed by atoms with Crippen LogP contribution in [0.2, 0.25) is 0 Å². The second-order valence-corrected chi connectivity index (χ2v) is 7.80. The van der Waals surface area contributed by atoms with E-state index in [1.165, 1.54) is 18.4 Å². The van der Waals surface area contributed by atoms with E-state index in [1.807, 2.05) is 30.0 Å². The molecule has 1 aromatic rings. The topological polar surface area (TPSA) is 84.9 Å². The quantitative estimate of drug-likeness (QED) is 0.603. The van der Waals surface area contributed by atoms with E-state index in [1.54, 1.807) is 0 Å². The third kappa shape index (κ3) is 5.45. The number of carboxylic acid groups (broad SMARTS) is 1. The number of rotatable bonds is 9. The average Bonchev–Trinajstić information content (AvgIpc) is 3.18. The Morgan fingerprint density at radius 3 is 2.50 bits per heavy atom. The van der Waals surface area contributed by atoms with Crippen LogP contribution in [-0.4, -0.2) is 71.7 Å². The van der Waals surface area contributed by atoms with Crippen LogP contribution in [0, 0.1) is 0 Å². The lowest BCUT2D eigenvalue weighted by atomic mass is 9.85. The molecule has 1 heterocycles. The first-order valence-electron chi connectivity index (χ1n) is 10.4. The lowest BCUT2D eigenvalue weighted by Crippen LogP contribution is -2.56. The first-order valence-corrected chi connectivity index (χ1v) is 10.4. The van der Waals surface area contributed by atoms with E-state index in [0.717, 1.165) is 25.9 Å². The molecule has 1 atom stereocenters. The zero-order valence-electron chi connectivity index (χ0n) is 16.6. The number of carboxylic acids is 1. The zero-order valence-corrected chi connectivity index (χ0v) is 16.6. The Labute approximate surface area is 167 Å². The van der Waals surface area contributed by atoms with Gasteiger partial charge in [-0.05, 0) is 50.9 Å². The van der Waals surface area contributed by atoms with E-state index in [4.69, 9.17) is 5.11 Å². The van der Waals surface area contributed by atoms with Crippen LogP contribution < -0.4 is 10.6 Å². The maximum atomic E-state index is 12.4. The van der Waals surface area contributed by atoms with Gasteiger partial charge in [-0.2, -0.15) is 0 Å². The molecule has 0 radical (unpaired) electrons. The number of carbonyl (C=O) groups is 2. The number of amides is 2. The Kier molecular flexibility index (Phi) is 7.28. The van der Waals surface area contributed by atoms with Crippen LogP contribution in [-0.2, 0) is 4.79 Å². The average molecular weight is 389 g/mol. The summed E-state index contributed by atoms with van der Waals surface area (Å²) in [5.74, 6) is -0.801. The van der Waals surface area contributed by atoms with Gasteiger partial charge in [0.2, 0.25) is 0 Å². The van der Waals surface area contributed by atoms with Crippen molar-refractivity contribution in [1.82, 2.24) is 20.4 Å². The molecule has 0 bridgehead atoms. The second-order valence-electron chi connectivity index (χ2n) is 7.80. The summed E-state index contributed by atoms with van der Waals surface area (Å²) in [5, 5.41) is 15.1. The van der Waals surface area contributed by atoms with Gasteiger partial charge in [0.15, 0.2) is 0 Å². The third-order valence-corrected chi connectivity index (χ3v) is 5.93. The molecule has 1 aromatic carbocycles. The first-order chi connectivity index (χ1) is 13.6. The summed E-state index contributed by atoms with van der Waals surface area (Å²) in [6.45, 7) is 5.48. The SMILES string of the molecule is CCN(CC(=O)O)C1CC(NC(=O)NCC(c2ccccc2)N2CCCC2)C1. The monoisotopic (exact) mass is 388 g/mol. The molecule has 2 amide bonds. The lowest BCUT2D eigenvalue weighted by molar-refractivity contribution is -0.139. The molecule has 1 unspecified atom stereocenters. The van der Waals surface area contributed by atoms with Gasteiger partial charge in [-0.1, -0.05) is 37.3 Å². The number of likely N-dealkylation sites (N-methyl/N-ethyl adjacent to an activating group) is 1. The van der Waals surface area contributed by atoms with E-state index < -0.39 is 5.97 Å². The van der Waals surface area contributed by atoms with E-state index in [9.17, 15) is 9.59 Å². The number of nitrogens with one attached hydrogen (secondary N) is 2. The second kappa shape index (κ2) is 9.89. The molecule has 0 spiro atoms. The number of carbonyl (C=O) groups excluding carboxylic acids is 1. The van der Waals surface area contributed by atoms with Crippen LogP contribution in [0.1, 0.15) is 44.2 Å². The minimum atomic E-state index is -0.801. The minimum absolute atomic E-state index is 0.0642. The van der Waals surface area contributed by atoms with Crippen molar-refractivity contribution in [2.24, 2.45) is 0 Å². The van der Waals surface area contributed by atoms with E-state index in [0.29, 0.717) is 13.1 Å². The van der Waals surface area contributed by atoms with Gasteiger partial charge in [0, 0.05) is 18.6 Å². The molecule has 2 fully saturated rings. The molecular weight excluding hydrogens is 356 g/mol. The fraction of sp³-hybridized carbons (Fsp3) is 0.619. The van der Waals surface area contributed by atoms with Gasteiger partial charge in [-0.25, -0.2) is 4.79 Å². The Morgan fingerprint density at radius 2 is 1.89 bits per heavy atom. The van der Waals surface area contributed by atoms with Gasteiger partial charge in [-0.3, -0.25) is 14.6 Å². The van der Waals surface area contributed by atoms with Gasteiger partial charge in [-0.15, -0.1) is 0 Å². The predicted octanol–water partition coefficient (Wildman–Crippen LogP) is 2.06. The Morgan fingerprint density at radius 1 is 1.21 bits per heavy atom. The summed E-state index contributed by atoms with van der Waals surface area (Å²) in [6, 6.07) is 10.8. The highest BCUT2D eigenvalue weighted by Gasteiger charge is 2.34. The van der Waals surface area contributed by atoms with Crippen LogP contribution in [0.5, 0.6) is 0 Å². The number of benzene rings is 1. The number of aliphatic carboxylic acids is 1. The molecule has 28 heavy (non-hydrogen) atoms. The fourth-order valence-corrected chi connectivity index (χ4v) is 4.29. The van der Waals surface area contributed by atoms with Gasteiger partial charge in [0.25, 0.3) is 0 Å². The molecule has 154 valence electrons. The highest BCUT2D eigenvalue weighted by molar-refractivity contribution is 5.74. The van der Waals surface area contributed by atoms with Gasteiger partial charge in [0.1, 0.15) is 0 Å². The maximum absolute atomic E-state index is 12.4. The van der Waals surface area contributed by atoms with Crippen LogP contribution >= 0.6 is 0 Å². The number of nitrogens with zero attached hydrogens (tertiary/aromatic N) is 2. The molecule has 1 saturated heterocycles. The highest BCUT2D eigenvalue weighted by Crippen LogP contribution is 2.26.